The van der Waals surface area contributed by atoms with Crippen molar-refractivity contribution in [1.29, 1.82) is 0 Å². The first-order valence-electron chi connectivity index (χ1n) is 6.77. The lowest BCUT2D eigenvalue weighted by molar-refractivity contribution is -0.145. The number of hydrogen-bond donors (Lipinski definition) is 1. The Balaban J connectivity index is 4.05. The monoisotopic (exact) mass is 243 g/mol. The van der Waals surface area contributed by atoms with Gasteiger partial charge in [0.05, 0.1) is 0 Å². The molecule has 0 rings (SSSR count). The molecule has 0 aromatic rings. The maximum atomic E-state index is 12.0. The first-order chi connectivity index (χ1) is 8.02. The molecule has 0 aliphatic carbocycles. The van der Waals surface area contributed by atoms with Crippen LogP contribution >= 0.6 is 0 Å². The zero-order valence-electron chi connectivity index (χ0n) is 12.1. The molecule has 0 aliphatic rings. The largest absolute Gasteiger partial charge is 0.314 e. The molecule has 102 valence electrons. The molecule has 0 unspecified atom stereocenters. The van der Waals surface area contributed by atoms with E-state index in [1.165, 1.54) is 0 Å². The predicted octanol–water partition coefficient (Wildman–Crippen LogP) is 1.87. The standard InChI is InChI=1S/C13H29N3O/c1-6-10-16(11-7-2)15(5)13(17)8-9-14-12(3)4/h12,14H,6-11H2,1-5H3. The highest BCUT2D eigenvalue weighted by Gasteiger charge is 2.15. The molecule has 0 bridgehead atoms. The third-order valence-corrected chi connectivity index (χ3v) is 2.64. The topological polar surface area (TPSA) is 35.6 Å². The van der Waals surface area contributed by atoms with Crippen LogP contribution in [0.1, 0.15) is 47.0 Å². The summed E-state index contributed by atoms with van der Waals surface area (Å²) in [5, 5.41) is 7.19. The second-order valence-corrected chi connectivity index (χ2v) is 4.73. The normalized spacial score (nSPS) is 11.2. The van der Waals surface area contributed by atoms with E-state index in [4.69, 9.17) is 0 Å². The highest BCUT2D eigenvalue weighted by molar-refractivity contribution is 5.75. The molecule has 0 radical (unpaired) electrons. The van der Waals surface area contributed by atoms with E-state index in [0.717, 1.165) is 32.5 Å². The van der Waals surface area contributed by atoms with Gasteiger partial charge in [-0.2, -0.15) is 0 Å². The van der Waals surface area contributed by atoms with Crippen molar-refractivity contribution in [2.45, 2.75) is 53.0 Å². The van der Waals surface area contributed by atoms with E-state index < -0.39 is 0 Å². The summed E-state index contributed by atoms with van der Waals surface area (Å²) in [4.78, 5) is 12.0. The molecule has 4 heteroatoms. The minimum absolute atomic E-state index is 0.194. The summed E-state index contributed by atoms with van der Waals surface area (Å²) >= 11 is 0. The van der Waals surface area contributed by atoms with Gasteiger partial charge in [-0.05, 0) is 12.8 Å². The number of amides is 1. The first-order valence-corrected chi connectivity index (χ1v) is 6.77. The summed E-state index contributed by atoms with van der Waals surface area (Å²) in [6, 6.07) is 0.440. The molecule has 4 nitrogen and oxygen atoms in total. The van der Waals surface area contributed by atoms with Crippen LogP contribution in [0.15, 0.2) is 0 Å². The van der Waals surface area contributed by atoms with Gasteiger partial charge in [0.1, 0.15) is 0 Å². The summed E-state index contributed by atoms with van der Waals surface area (Å²) in [6.07, 6.45) is 2.71. The van der Waals surface area contributed by atoms with Gasteiger partial charge in [0, 0.05) is 39.1 Å². The highest BCUT2D eigenvalue weighted by atomic mass is 16.2. The molecule has 0 aromatic carbocycles. The van der Waals surface area contributed by atoms with E-state index in [2.05, 4.69) is 38.0 Å². The lowest BCUT2D eigenvalue weighted by Crippen LogP contribution is -2.45. The van der Waals surface area contributed by atoms with E-state index in [9.17, 15) is 4.79 Å². The Hall–Kier alpha value is -0.610. The summed E-state index contributed by atoms with van der Waals surface area (Å²) in [7, 11) is 1.88. The average Bonchev–Trinajstić information content (AvgIpc) is 2.27. The number of hydrogen-bond acceptors (Lipinski definition) is 3. The van der Waals surface area contributed by atoms with Crippen molar-refractivity contribution < 1.29 is 4.79 Å². The Morgan fingerprint density at radius 3 is 2.12 bits per heavy atom. The van der Waals surface area contributed by atoms with Crippen molar-refractivity contribution in [3.8, 4) is 0 Å². The Morgan fingerprint density at radius 1 is 1.18 bits per heavy atom. The van der Waals surface area contributed by atoms with E-state index >= 15 is 0 Å². The van der Waals surface area contributed by atoms with Gasteiger partial charge in [0.15, 0.2) is 0 Å². The van der Waals surface area contributed by atoms with Crippen LogP contribution in [-0.2, 0) is 4.79 Å². The molecular formula is C13H29N3O. The second kappa shape index (κ2) is 9.42. The molecular weight excluding hydrogens is 214 g/mol. The Labute approximate surface area is 106 Å². The summed E-state index contributed by atoms with van der Waals surface area (Å²) in [6.45, 7) is 11.1. The zero-order valence-corrected chi connectivity index (χ0v) is 12.1. The molecule has 0 spiro atoms. The molecule has 0 atom stereocenters. The van der Waals surface area contributed by atoms with E-state index in [-0.39, 0.29) is 5.91 Å². The molecule has 1 amide bonds. The van der Waals surface area contributed by atoms with Crippen LogP contribution in [0, 0.1) is 0 Å². The first kappa shape index (κ1) is 16.4. The van der Waals surface area contributed by atoms with Gasteiger partial charge in [-0.25, -0.2) is 5.01 Å². The minimum Gasteiger partial charge on any atom is -0.314 e. The van der Waals surface area contributed by atoms with E-state index in [1.807, 2.05) is 7.05 Å². The number of rotatable bonds is 9. The fourth-order valence-electron chi connectivity index (χ4n) is 1.72. The molecule has 0 saturated carbocycles. The van der Waals surface area contributed by atoms with E-state index in [0.29, 0.717) is 12.5 Å². The zero-order chi connectivity index (χ0) is 13.3. The van der Waals surface area contributed by atoms with Crippen LogP contribution < -0.4 is 5.32 Å². The SMILES string of the molecule is CCCN(CCC)N(C)C(=O)CCNC(C)C. The Bertz CT molecular complexity index is 201. The summed E-state index contributed by atoms with van der Waals surface area (Å²) in [5.74, 6) is 0.194. The van der Waals surface area contributed by atoms with Crippen LogP contribution in [0.2, 0.25) is 0 Å². The van der Waals surface area contributed by atoms with Gasteiger partial charge in [0.25, 0.3) is 0 Å². The molecule has 1 N–H and O–H groups in total. The highest BCUT2D eigenvalue weighted by Crippen LogP contribution is 2.01. The summed E-state index contributed by atoms with van der Waals surface area (Å²) in [5.41, 5.74) is 0. The number of hydrazine groups is 1. The maximum absolute atomic E-state index is 12.0. The van der Waals surface area contributed by atoms with Crippen molar-refractivity contribution >= 4 is 5.91 Å². The van der Waals surface area contributed by atoms with E-state index in [1.54, 1.807) is 5.01 Å². The van der Waals surface area contributed by atoms with Gasteiger partial charge >= 0.3 is 0 Å². The van der Waals surface area contributed by atoms with Gasteiger partial charge in [0.2, 0.25) is 5.91 Å². The van der Waals surface area contributed by atoms with Crippen molar-refractivity contribution in [3.05, 3.63) is 0 Å². The lowest BCUT2D eigenvalue weighted by atomic mass is 10.3. The van der Waals surface area contributed by atoms with Gasteiger partial charge in [-0.3, -0.25) is 9.80 Å². The third-order valence-electron chi connectivity index (χ3n) is 2.64. The third kappa shape index (κ3) is 7.34. The van der Waals surface area contributed by atoms with Crippen molar-refractivity contribution in [3.63, 3.8) is 0 Å². The number of carbonyl (C=O) groups excluding carboxylic acids is 1. The molecule has 0 heterocycles. The van der Waals surface area contributed by atoms with Crippen LogP contribution in [0.5, 0.6) is 0 Å². The number of nitrogens with one attached hydrogen (secondary N) is 1. The smallest absolute Gasteiger partial charge is 0.237 e. The fraction of sp³-hybridized carbons (Fsp3) is 0.923. The van der Waals surface area contributed by atoms with Crippen LogP contribution in [0.25, 0.3) is 0 Å². The van der Waals surface area contributed by atoms with Crippen LogP contribution in [0.3, 0.4) is 0 Å². The molecule has 0 fully saturated rings. The minimum atomic E-state index is 0.194. The van der Waals surface area contributed by atoms with Crippen LogP contribution in [0.4, 0.5) is 0 Å². The molecule has 17 heavy (non-hydrogen) atoms. The predicted molar refractivity (Wildman–Crippen MR) is 72.7 cm³/mol. The van der Waals surface area contributed by atoms with Gasteiger partial charge < -0.3 is 5.32 Å². The lowest BCUT2D eigenvalue weighted by Gasteiger charge is -2.31. The molecule has 0 aromatic heterocycles. The average molecular weight is 243 g/mol. The number of nitrogens with zero attached hydrogens (tertiary/aromatic N) is 2. The number of carbonyl (C=O) groups is 1. The fourth-order valence-corrected chi connectivity index (χ4v) is 1.72. The Morgan fingerprint density at radius 2 is 1.71 bits per heavy atom. The second-order valence-electron chi connectivity index (χ2n) is 4.73. The summed E-state index contributed by atoms with van der Waals surface area (Å²) < 4.78 is 0. The van der Waals surface area contributed by atoms with Gasteiger partial charge in [-0.1, -0.05) is 27.7 Å². The molecule has 0 aliphatic heterocycles. The Kier molecular flexibility index (Phi) is 9.09. The van der Waals surface area contributed by atoms with Crippen molar-refractivity contribution in [1.82, 2.24) is 15.3 Å². The quantitative estimate of drug-likeness (QED) is 0.628. The molecule has 0 saturated heterocycles. The van der Waals surface area contributed by atoms with Gasteiger partial charge in [-0.15, -0.1) is 0 Å². The van der Waals surface area contributed by atoms with Crippen molar-refractivity contribution in [2.24, 2.45) is 0 Å². The maximum Gasteiger partial charge on any atom is 0.237 e. The van der Waals surface area contributed by atoms with Crippen LogP contribution in [-0.4, -0.2) is 48.6 Å². The van der Waals surface area contributed by atoms with Crippen molar-refractivity contribution in [2.75, 3.05) is 26.7 Å².